The van der Waals surface area contributed by atoms with Crippen LogP contribution in [0.15, 0.2) is 31.0 Å². The average Bonchev–Trinajstić information content (AvgIpc) is 3.11. The molecular weight excluding hydrogens is 516 g/mol. The Kier molecular flexibility index (Phi) is 4.59. The van der Waals surface area contributed by atoms with Gasteiger partial charge >= 0.3 is 0 Å². The first-order valence-electron chi connectivity index (χ1n) is 5.85. The monoisotopic (exact) mass is 525 g/mol. The summed E-state index contributed by atoms with van der Waals surface area (Å²) in [7, 11) is 0. The predicted octanol–water partition coefficient (Wildman–Crippen LogP) is 3.25. The third kappa shape index (κ3) is 3.45. The summed E-state index contributed by atoms with van der Waals surface area (Å²) in [5.41, 5.74) is 0.851. The van der Waals surface area contributed by atoms with E-state index in [2.05, 4.69) is 65.6 Å². The topological polar surface area (TPSA) is 75.9 Å². The van der Waals surface area contributed by atoms with E-state index >= 15 is 0 Å². The number of thiazole rings is 1. The van der Waals surface area contributed by atoms with Crippen LogP contribution in [0.1, 0.15) is 5.56 Å². The molecule has 108 valence electrons. The lowest BCUT2D eigenvalue weighted by atomic mass is 10.2. The summed E-state index contributed by atoms with van der Waals surface area (Å²) in [6.45, 7) is 0.517. The standard InChI is InChI=1S/C12H9I2N5OS/c13-8-1-7(11(20)9(14)2-8)3-16-12-17-4-10(21-12)19-6-15-5-18-19/h1-2,4-6,20H,3H2,(H,16,17). The van der Waals surface area contributed by atoms with Gasteiger partial charge in [-0.15, -0.1) is 0 Å². The highest BCUT2D eigenvalue weighted by atomic mass is 127. The number of phenols is 1. The van der Waals surface area contributed by atoms with E-state index in [1.165, 1.54) is 17.7 Å². The van der Waals surface area contributed by atoms with E-state index in [0.717, 1.165) is 22.8 Å². The van der Waals surface area contributed by atoms with E-state index in [9.17, 15) is 5.11 Å². The number of nitrogens with zero attached hydrogens (tertiary/aromatic N) is 4. The summed E-state index contributed by atoms with van der Waals surface area (Å²) in [6.07, 6.45) is 4.85. The van der Waals surface area contributed by atoms with Crippen LogP contribution in [0.25, 0.3) is 5.00 Å². The van der Waals surface area contributed by atoms with Gasteiger partial charge in [-0.1, -0.05) is 11.3 Å². The highest BCUT2D eigenvalue weighted by Crippen LogP contribution is 2.28. The molecule has 2 aromatic heterocycles. The summed E-state index contributed by atoms with van der Waals surface area (Å²) in [6, 6.07) is 3.89. The Hall–Kier alpha value is -0.950. The molecule has 0 atom stereocenters. The second kappa shape index (κ2) is 6.44. The molecule has 3 aromatic rings. The van der Waals surface area contributed by atoms with Crippen LogP contribution in [0.5, 0.6) is 5.75 Å². The van der Waals surface area contributed by atoms with E-state index in [1.54, 1.807) is 17.2 Å². The molecule has 0 bridgehead atoms. The van der Waals surface area contributed by atoms with Gasteiger partial charge in [0, 0.05) is 15.7 Å². The predicted molar refractivity (Wildman–Crippen MR) is 97.9 cm³/mol. The molecule has 0 aliphatic carbocycles. The second-order valence-electron chi connectivity index (χ2n) is 4.09. The summed E-state index contributed by atoms with van der Waals surface area (Å²) in [5, 5.41) is 19.0. The molecule has 0 amide bonds. The number of benzene rings is 1. The lowest BCUT2D eigenvalue weighted by molar-refractivity contribution is 0.465. The van der Waals surface area contributed by atoms with Gasteiger partial charge in [-0.2, -0.15) is 5.10 Å². The summed E-state index contributed by atoms with van der Waals surface area (Å²) < 4.78 is 3.60. The van der Waals surface area contributed by atoms with Gasteiger partial charge in [-0.3, -0.25) is 0 Å². The van der Waals surface area contributed by atoms with E-state index in [0.29, 0.717) is 12.3 Å². The number of hydrogen-bond acceptors (Lipinski definition) is 6. The molecule has 3 rings (SSSR count). The molecule has 0 saturated heterocycles. The SMILES string of the molecule is Oc1c(I)cc(I)cc1CNc1ncc(-n2cncn2)s1. The highest BCUT2D eigenvalue weighted by molar-refractivity contribution is 14.1. The van der Waals surface area contributed by atoms with Crippen LogP contribution in [-0.4, -0.2) is 24.9 Å². The molecule has 0 spiro atoms. The number of phenolic OH excluding ortho intramolecular Hbond substituents is 1. The maximum Gasteiger partial charge on any atom is 0.184 e. The Morgan fingerprint density at radius 2 is 2.19 bits per heavy atom. The Morgan fingerprint density at radius 1 is 1.33 bits per heavy atom. The van der Waals surface area contributed by atoms with Crippen molar-refractivity contribution in [3.63, 3.8) is 0 Å². The summed E-state index contributed by atoms with van der Waals surface area (Å²) in [4.78, 5) is 8.20. The van der Waals surface area contributed by atoms with E-state index in [-0.39, 0.29) is 0 Å². The zero-order valence-corrected chi connectivity index (χ0v) is 15.6. The fourth-order valence-corrected chi connectivity index (χ4v) is 4.41. The average molecular weight is 525 g/mol. The third-order valence-electron chi connectivity index (χ3n) is 2.68. The normalized spacial score (nSPS) is 10.8. The zero-order chi connectivity index (χ0) is 14.8. The second-order valence-corrected chi connectivity index (χ2v) is 7.51. The lowest BCUT2D eigenvalue weighted by Crippen LogP contribution is -2.00. The van der Waals surface area contributed by atoms with Crippen molar-refractivity contribution in [1.82, 2.24) is 19.7 Å². The van der Waals surface area contributed by atoms with E-state index < -0.39 is 0 Å². The van der Waals surface area contributed by atoms with Crippen LogP contribution >= 0.6 is 56.5 Å². The van der Waals surface area contributed by atoms with Gasteiger partial charge < -0.3 is 10.4 Å². The fourth-order valence-electron chi connectivity index (χ4n) is 1.70. The Morgan fingerprint density at radius 3 is 2.95 bits per heavy atom. The van der Waals surface area contributed by atoms with Gasteiger partial charge in [0.25, 0.3) is 0 Å². The number of aromatic hydroxyl groups is 1. The molecule has 0 aliphatic rings. The molecule has 0 fully saturated rings. The minimum atomic E-state index is 0.316. The van der Waals surface area contributed by atoms with Gasteiger partial charge in [-0.05, 0) is 57.3 Å². The number of nitrogens with one attached hydrogen (secondary N) is 1. The molecule has 21 heavy (non-hydrogen) atoms. The van der Waals surface area contributed by atoms with Crippen LogP contribution in [0.2, 0.25) is 0 Å². The molecule has 9 heteroatoms. The number of rotatable bonds is 4. The minimum absolute atomic E-state index is 0.316. The van der Waals surface area contributed by atoms with Crippen LogP contribution in [0, 0.1) is 7.14 Å². The van der Waals surface area contributed by atoms with Crippen LogP contribution in [-0.2, 0) is 6.54 Å². The Labute approximate surface area is 151 Å². The van der Waals surface area contributed by atoms with Crippen molar-refractivity contribution in [2.75, 3.05) is 5.32 Å². The lowest BCUT2D eigenvalue weighted by Gasteiger charge is -2.08. The number of aromatic nitrogens is 4. The maximum absolute atomic E-state index is 10.1. The Balaban J connectivity index is 1.74. The molecule has 0 unspecified atom stereocenters. The van der Waals surface area contributed by atoms with Crippen molar-refractivity contribution in [3.05, 3.63) is 43.7 Å². The quantitative estimate of drug-likeness (QED) is 0.512. The van der Waals surface area contributed by atoms with Gasteiger partial charge in [0.2, 0.25) is 0 Å². The van der Waals surface area contributed by atoms with Crippen molar-refractivity contribution in [2.24, 2.45) is 0 Å². The largest absolute Gasteiger partial charge is 0.506 e. The first kappa shape index (κ1) is 15.0. The maximum atomic E-state index is 10.1. The van der Waals surface area contributed by atoms with Crippen LogP contribution in [0.4, 0.5) is 5.13 Å². The van der Waals surface area contributed by atoms with Gasteiger partial charge in [0.1, 0.15) is 23.4 Å². The molecule has 6 nitrogen and oxygen atoms in total. The summed E-state index contributed by atoms with van der Waals surface area (Å²) >= 11 is 5.84. The molecular formula is C12H9I2N5OS. The number of halogens is 2. The minimum Gasteiger partial charge on any atom is -0.506 e. The van der Waals surface area contributed by atoms with Crippen molar-refractivity contribution in [1.29, 1.82) is 0 Å². The molecule has 0 aliphatic heterocycles. The van der Waals surface area contributed by atoms with Crippen molar-refractivity contribution < 1.29 is 5.11 Å². The summed E-state index contributed by atoms with van der Waals surface area (Å²) in [5.74, 6) is 0.316. The third-order valence-corrected chi connectivity index (χ3v) is 5.07. The van der Waals surface area contributed by atoms with Gasteiger partial charge in [-0.25, -0.2) is 14.6 Å². The van der Waals surface area contributed by atoms with Crippen molar-refractivity contribution in [3.8, 4) is 10.8 Å². The number of hydrogen-bond donors (Lipinski definition) is 2. The first-order chi connectivity index (χ1) is 10.1. The zero-order valence-electron chi connectivity index (χ0n) is 10.5. The molecule has 2 heterocycles. The smallest absolute Gasteiger partial charge is 0.184 e. The molecule has 2 N–H and O–H groups in total. The fraction of sp³-hybridized carbons (Fsp3) is 0.0833. The number of anilines is 1. The molecule has 0 saturated carbocycles. The molecule has 0 radical (unpaired) electrons. The van der Waals surface area contributed by atoms with Crippen LogP contribution in [0.3, 0.4) is 0 Å². The first-order valence-corrected chi connectivity index (χ1v) is 8.82. The van der Waals surface area contributed by atoms with Crippen molar-refractivity contribution in [2.45, 2.75) is 6.54 Å². The highest BCUT2D eigenvalue weighted by Gasteiger charge is 2.09. The molecule has 1 aromatic carbocycles. The van der Waals surface area contributed by atoms with Crippen LogP contribution < -0.4 is 5.32 Å². The Bertz CT molecular complexity index is 759. The van der Waals surface area contributed by atoms with E-state index in [4.69, 9.17) is 0 Å². The van der Waals surface area contributed by atoms with E-state index in [1.807, 2.05) is 12.1 Å². The van der Waals surface area contributed by atoms with Gasteiger partial charge in [0.15, 0.2) is 5.13 Å². The van der Waals surface area contributed by atoms with Crippen molar-refractivity contribution >= 4 is 61.7 Å². The van der Waals surface area contributed by atoms with Gasteiger partial charge in [0.05, 0.1) is 9.77 Å².